The molecule has 2 N–H and O–H groups in total. The monoisotopic (exact) mass is 313 g/mol. The maximum Gasteiger partial charge on any atom is 0.356 e. The van der Waals surface area contributed by atoms with Gasteiger partial charge in [-0.1, -0.05) is 6.07 Å². The predicted octanol–water partition coefficient (Wildman–Crippen LogP) is 1.37. The SMILES string of the molecule is Cc1ccc(S(=O)(=O)Nc2cnn(C)c2C(=O)O)cc1F. The van der Waals surface area contributed by atoms with Gasteiger partial charge >= 0.3 is 5.97 Å². The predicted molar refractivity (Wildman–Crippen MR) is 72.1 cm³/mol. The summed E-state index contributed by atoms with van der Waals surface area (Å²) in [5, 5.41) is 12.7. The highest BCUT2D eigenvalue weighted by Gasteiger charge is 2.22. The third-order valence-electron chi connectivity index (χ3n) is 2.84. The Morgan fingerprint density at radius 3 is 2.67 bits per heavy atom. The molecule has 0 bridgehead atoms. The van der Waals surface area contributed by atoms with Crippen LogP contribution in [0.25, 0.3) is 0 Å². The van der Waals surface area contributed by atoms with Crippen molar-refractivity contribution in [3.63, 3.8) is 0 Å². The van der Waals surface area contributed by atoms with Gasteiger partial charge in [-0.25, -0.2) is 17.6 Å². The molecule has 21 heavy (non-hydrogen) atoms. The lowest BCUT2D eigenvalue weighted by Gasteiger charge is -2.08. The van der Waals surface area contributed by atoms with E-state index < -0.39 is 21.8 Å². The van der Waals surface area contributed by atoms with Crippen molar-refractivity contribution < 1.29 is 22.7 Å². The number of nitrogens with one attached hydrogen (secondary N) is 1. The molecule has 0 fully saturated rings. The molecule has 0 aliphatic rings. The van der Waals surface area contributed by atoms with E-state index in [9.17, 15) is 17.6 Å². The van der Waals surface area contributed by atoms with Gasteiger partial charge in [0, 0.05) is 7.05 Å². The molecule has 1 heterocycles. The molecular weight excluding hydrogens is 301 g/mol. The zero-order valence-electron chi connectivity index (χ0n) is 11.2. The van der Waals surface area contributed by atoms with E-state index in [0.29, 0.717) is 5.56 Å². The normalized spacial score (nSPS) is 11.4. The van der Waals surface area contributed by atoms with E-state index in [1.807, 2.05) is 0 Å². The van der Waals surface area contributed by atoms with Gasteiger partial charge in [-0.2, -0.15) is 5.10 Å². The highest BCUT2D eigenvalue weighted by Crippen LogP contribution is 2.21. The fourth-order valence-corrected chi connectivity index (χ4v) is 2.77. The number of aromatic carboxylic acids is 1. The Labute approximate surface area is 120 Å². The minimum atomic E-state index is -4.10. The number of hydrogen-bond acceptors (Lipinski definition) is 4. The van der Waals surface area contributed by atoms with Gasteiger partial charge in [-0.05, 0) is 24.6 Å². The van der Waals surface area contributed by atoms with E-state index in [1.54, 1.807) is 0 Å². The van der Waals surface area contributed by atoms with Gasteiger partial charge in [0.1, 0.15) is 11.5 Å². The van der Waals surface area contributed by atoms with E-state index in [1.165, 1.54) is 26.1 Å². The fraction of sp³-hybridized carbons (Fsp3) is 0.167. The van der Waals surface area contributed by atoms with Crippen LogP contribution < -0.4 is 4.72 Å². The largest absolute Gasteiger partial charge is 0.476 e. The Hall–Kier alpha value is -2.42. The molecule has 0 aliphatic heterocycles. The number of hydrogen-bond donors (Lipinski definition) is 2. The topological polar surface area (TPSA) is 101 Å². The lowest BCUT2D eigenvalue weighted by molar-refractivity contribution is 0.0686. The number of rotatable bonds is 4. The average Bonchev–Trinajstić information content (AvgIpc) is 2.73. The summed E-state index contributed by atoms with van der Waals surface area (Å²) in [5.41, 5.74) is -0.196. The van der Waals surface area contributed by atoms with E-state index in [-0.39, 0.29) is 16.3 Å². The summed E-state index contributed by atoms with van der Waals surface area (Å²) in [7, 11) is -2.73. The second kappa shape index (κ2) is 5.17. The van der Waals surface area contributed by atoms with Crippen LogP contribution in [0.3, 0.4) is 0 Å². The van der Waals surface area contributed by atoms with Gasteiger partial charge in [0.25, 0.3) is 10.0 Å². The molecule has 112 valence electrons. The molecule has 1 aromatic carbocycles. The Balaban J connectivity index is 2.42. The molecule has 0 radical (unpaired) electrons. The second-order valence-corrected chi connectivity index (χ2v) is 6.03. The lowest BCUT2D eigenvalue weighted by Crippen LogP contribution is -2.16. The first-order chi connectivity index (χ1) is 9.72. The number of carboxylic acid groups (broad SMARTS) is 1. The van der Waals surface area contributed by atoms with Crippen molar-refractivity contribution in [3.05, 3.63) is 41.5 Å². The third-order valence-corrected chi connectivity index (χ3v) is 4.20. The number of carbonyl (C=O) groups is 1. The zero-order valence-corrected chi connectivity index (χ0v) is 12.0. The molecular formula is C12H12FN3O4S. The van der Waals surface area contributed by atoms with Crippen molar-refractivity contribution in [2.24, 2.45) is 7.05 Å². The van der Waals surface area contributed by atoms with Gasteiger partial charge in [-0.3, -0.25) is 9.40 Å². The third kappa shape index (κ3) is 2.87. The molecule has 9 heteroatoms. The second-order valence-electron chi connectivity index (χ2n) is 4.35. The number of nitrogens with zero attached hydrogens (tertiary/aromatic N) is 2. The van der Waals surface area contributed by atoms with E-state index in [2.05, 4.69) is 9.82 Å². The summed E-state index contributed by atoms with van der Waals surface area (Å²) in [6.45, 7) is 1.50. The van der Waals surface area contributed by atoms with Crippen LogP contribution in [0.5, 0.6) is 0 Å². The van der Waals surface area contributed by atoms with Crippen LogP contribution in [-0.4, -0.2) is 29.3 Å². The van der Waals surface area contributed by atoms with Crippen molar-refractivity contribution in [1.29, 1.82) is 0 Å². The molecule has 0 aliphatic carbocycles. The Kier molecular flexibility index (Phi) is 3.69. The molecule has 0 spiro atoms. The van der Waals surface area contributed by atoms with Crippen molar-refractivity contribution in [2.75, 3.05) is 4.72 Å². The number of benzene rings is 1. The molecule has 1 aromatic heterocycles. The quantitative estimate of drug-likeness (QED) is 0.887. The molecule has 0 saturated heterocycles. The standard InChI is InChI=1S/C12H12FN3O4S/c1-7-3-4-8(5-9(7)13)21(19,20)15-10-6-14-16(2)11(10)12(17)18/h3-6,15H,1-2H3,(H,17,18). The van der Waals surface area contributed by atoms with Crippen LogP contribution in [0.4, 0.5) is 10.1 Å². The van der Waals surface area contributed by atoms with Gasteiger partial charge in [0.15, 0.2) is 5.69 Å². The smallest absolute Gasteiger partial charge is 0.356 e. The molecule has 2 rings (SSSR count). The van der Waals surface area contributed by atoms with Crippen LogP contribution >= 0.6 is 0 Å². The zero-order chi connectivity index (χ0) is 15.8. The number of aromatic nitrogens is 2. The fourth-order valence-electron chi connectivity index (χ4n) is 1.71. The first kappa shape index (κ1) is 15.0. The van der Waals surface area contributed by atoms with Crippen molar-refractivity contribution in [1.82, 2.24) is 9.78 Å². The number of halogens is 1. The van der Waals surface area contributed by atoms with Crippen LogP contribution in [0.15, 0.2) is 29.3 Å². The molecule has 2 aromatic rings. The Morgan fingerprint density at radius 1 is 1.43 bits per heavy atom. The number of carboxylic acids is 1. The first-order valence-electron chi connectivity index (χ1n) is 5.76. The summed E-state index contributed by atoms with van der Waals surface area (Å²) >= 11 is 0. The molecule has 0 atom stereocenters. The number of aryl methyl sites for hydroxylation is 2. The molecule has 7 nitrogen and oxygen atoms in total. The maximum absolute atomic E-state index is 13.5. The lowest BCUT2D eigenvalue weighted by atomic mass is 10.2. The highest BCUT2D eigenvalue weighted by molar-refractivity contribution is 7.92. The Bertz CT molecular complexity index is 814. The highest BCUT2D eigenvalue weighted by atomic mass is 32.2. The van der Waals surface area contributed by atoms with Gasteiger partial charge in [0.05, 0.1) is 11.1 Å². The van der Waals surface area contributed by atoms with Crippen LogP contribution in [-0.2, 0) is 17.1 Å². The summed E-state index contributed by atoms with van der Waals surface area (Å²) in [6.07, 6.45) is 1.07. The summed E-state index contributed by atoms with van der Waals surface area (Å²) < 4.78 is 40.9. The van der Waals surface area contributed by atoms with Gasteiger partial charge in [-0.15, -0.1) is 0 Å². The maximum atomic E-state index is 13.5. The van der Waals surface area contributed by atoms with Crippen LogP contribution in [0.2, 0.25) is 0 Å². The molecule has 0 amide bonds. The van der Waals surface area contributed by atoms with Crippen molar-refractivity contribution in [2.45, 2.75) is 11.8 Å². The van der Waals surface area contributed by atoms with Gasteiger partial charge < -0.3 is 5.11 Å². The summed E-state index contributed by atoms with van der Waals surface area (Å²) in [5.74, 6) is -2.00. The van der Waals surface area contributed by atoms with E-state index in [0.717, 1.165) is 16.9 Å². The first-order valence-corrected chi connectivity index (χ1v) is 7.25. The van der Waals surface area contributed by atoms with E-state index in [4.69, 9.17) is 5.11 Å². The summed E-state index contributed by atoms with van der Waals surface area (Å²) in [6, 6.07) is 3.43. The van der Waals surface area contributed by atoms with Crippen molar-refractivity contribution >= 4 is 21.7 Å². The van der Waals surface area contributed by atoms with Crippen molar-refractivity contribution in [3.8, 4) is 0 Å². The van der Waals surface area contributed by atoms with Gasteiger partial charge in [0.2, 0.25) is 0 Å². The average molecular weight is 313 g/mol. The van der Waals surface area contributed by atoms with E-state index >= 15 is 0 Å². The van der Waals surface area contributed by atoms with Crippen LogP contribution in [0.1, 0.15) is 16.1 Å². The Morgan fingerprint density at radius 2 is 2.10 bits per heavy atom. The minimum Gasteiger partial charge on any atom is -0.476 e. The van der Waals surface area contributed by atoms with Crippen LogP contribution in [0, 0.1) is 12.7 Å². The summed E-state index contributed by atoms with van der Waals surface area (Å²) in [4.78, 5) is 10.8. The molecule has 0 unspecified atom stereocenters. The number of anilines is 1. The minimum absolute atomic E-state index is 0.189. The molecule has 0 saturated carbocycles. The number of sulfonamides is 1.